The van der Waals surface area contributed by atoms with Crippen LogP contribution in [0.15, 0.2) is 35.2 Å². The minimum Gasteiger partial charge on any atom is -0.338 e. The molecule has 134 valence electrons. The number of amides is 1. The van der Waals surface area contributed by atoms with Crippen LogP contribution in [0, 0.1) is 5.92 Å². The van der Waals surface area contributed by atoms with Gasteiger partial charge in [0, 0.05) is 18.5 Å². The highest BCUT2D eigenvalue weighted by Gasteiger charge is 2.35. The molecule has 0 aromatic heterocycles. The smallest absolute Gasteiger partial charge is 0.225 e. The van der Waals surface area contributed by atoms with Crippen LogP contribution in [0.3, 0.4) is 0 Å². The van der Waals surface area contributed by atoms with E-state index < -0.39 is 9.84 Å². The second-order valence-electron chi connectivity index (χ2n) is 6.70. The van der Waals surface area contributed by atoms with Crippen LogP contribution in [0.25, 0.3) is 0 Å². The maximum atomic E-state index is 12.9. The summed E-state index contributed by atoms with van der Waals surface area (Å²) in [5, 5.41) is 0. The standard InChI is InChI=1S/C19H29NO3S/c1-3-9-16(10-4-2)19(21)20-14-8-11-17(20)15-24(22,23)18-12-6-5-7-13-18/h5-7,12-13,16-17H,3-4,8-11,14-15H2,1-2H3. The van der Waals surface area contributed by atoms with Crippen molar-refractivity contribution >= 4 is 15.7 Å². The molecule has 1 aliphatic heterocycles. The molecule has 1 unspecified atom stereocenters. The Morgan fingerprint density at radius 1 is 1.17 bits per heavy atom. The molecule has 0 N–H and O–H groups in total. The monoisotopic (exact) mass is 351 g/mol. The van der Waals surface area contributed by atoms with Crippen LogP contribution in [0.5, 0.6) is 0 Å². The quantitative estimate of drug-likeness (QED) is 0.718. The third kappa shape index (κ3) is 4.59. The summed E-state index contributed by atoms with van der Waals surface area (Å²) < 4.78 is 25.3. The summed E-state index contributed by atoms with van der Waals surface area (Å²) >= 11 is 0. The zero-order valence-corrected chi connectivity index (χ0v) is 15.6. The molecule has 1 saturated heterocycles. The molecule has 0 spiro atoms. The second kappa shape index (κ2) is 8.65. The first-order valence-electron chi connectivity index (χ1n) is 9.07. The van der Waals surface area contributed by atoms with Crippen molar-refractivity contribution < 1.29 is 13.2 Å². The van der Waals surface area contributed by atoms with E-state index in [1.54, 1.807) is 24.3 Å². The van der Waals surface area contributed by atoms with E-state index >= 15 is 0 Å². The van der Waals surface area contributed by atoms with E-state index in [-0.39, 0.29) is 23.6 Å². The van der Waals surface area contributed by atoms with Gasteiger partial charge in [0.1, 0.15) is 0 Å². The van der Waals surface area contributed by atoms with E-state index in [1.165, 1.54) is 0 Å². The predicted octanol–water partition coefficient (Wildman–Crippen LogP) is 3.67. The maximum absolute atomic E-state index is 12.9. The van der Waals surface area contributed by atoms with Crippen LogP contribution in [-0.2, 0) is 14.6 Å². The van der Waals surface area contributed by atoms with Gasteiger partial charge in [-0.2, -0.15) is 0 Å². The number of rotatable bonds is 8. The molecule has 1 amide bonds. The highest BCUT2D eigenvalue weighted by atomic mass is 32.2. The maximum Gasteiger partial charge on any atom is 0.225 e. The molecular formula is C19H29NO3S. The summed E-state index contributed by atoms with van der Waals surface area (Å²) in [6.07, 6.45) is 5.42. The second-order valence-corrected chi connectivity index (χ2v) is 8.73. The van der Waals surface area contributed by atoms with Crippen LogP contribution in [0.4, 0.5) is 0 Å². The van der Waals surface area contributed by atoms with Crippen LogP contribution >= 0.6 is 0 Å². The molecule has 4 nitrogen and oxygen atoms in total. The number of benzene rings is 1. The lowest BCUT2D eigenvalue weighted by molar-refractivity contribution is -0.136. The first-order valence-corrected chi connectivity index (χ1v) is 10.7. The highest BCUT2D eigenvalue weighted by molar-refractivity contribution is 7.91. The Balaban J connectivity index is 2.11. The van der Waals surface area contributed by atoms with Gasteiger partial charge in [-0.25, -0.2) is 8.42 Å². The fourth-order valence-corrected chi connectivity index (χ4v) is 5.22. The third-order valence-corrected chi connectivity index (χ3v) is 6.61. The lowest BCUT2D eigenvalue weighted by Crippen LogP contribution is -2.42. The summed E-state index contributed by atoms with van der Waals surface area (Å²) in [6.45, 7) is 4.88. The van der Waals surface area contributed by atoms with Crippen molar-refractivity contribution in [3.05, 3.63) is 30.3 Å². The van der Waals surface area contributed by atoms with E-state index in [0.717, 1.165) is 38.5 Å². The fourth-order valence-electron chi connectivity index (χ4n) is 3.60. The number of likely N-dealkylation sites (tertiary alicyclic amines) is 1. The molecule has 1 aromatic rings. The topological polar surface area (TPSA) is 54.5 Å². The number of hydrogen-bond donors (Lipinski definition) is 0. The normalized spacial score (nSPS) is 18.3. The lowest BCUT2D eigenvalue weighted by Gasteiger charge is -2.28. The highest BCUT2D eigenvalue weighted by Crippen LogP contribution is 2.26. The number of carbonyl (C=O) groups excluding carboxylic acids is 1. The third-order valence-electron chi connectivity index (χ3n) is 4.80. The van der Waals surface area contributed by atoms with Gasteiger partial charge >= 0.3 is 0 Å². The Morgan fingerprint density at radius 2 is 1.79 bits per heavy atom. The van der Waals surface area contributed by atoms with Crippen LogP contribution in [-0.4, -0.2) is 37.6 Å². The van der Waals surface area contributed by atoms with Crippen molar-refractivity contribution in [1.82, 2.24) is 4.90 Å². The molecule has 0 saturated carbocycles. The van der Waals surface area contributed by atoms with Gasteiger partial charge in [-0.3, -0.25) is 4.79 Å². The zero-order valence-electron chi connectivity index (χ0n) is 14.8. The van der Waals surface area contributed by atoms with E-state index in [4.69, 9.17) is 0 Å². The first-order chi connectivity index (χ1) is 11.5. The van der Waals surface area contributed by atoms with Crippen molar-refractivity contribution in [2.45, 2.75) is 63.3 Å². The van der Waals surface area contributed by atoms with Gasteiger partial charge in [-0.15, -0.1) is 0 Å². The van der Waals surface area contributed by atoms with Gasteiger partial charge in [0.25, 0.3) is 0 Å². The molecular weight excluding hydrogens is 322 g/mol. The average molecular weight is 352 g/mol. The number of carbonyl (C=O) groups is 1. The van der Waals surface area contributed by atoms with Crippen molar-refractivity contribution in [2.75, 3.05) is 12.3 Å². The Morgan fingerprint density at radius 3 is 2.38 bits per heavy atom. The summed E-state index contributed by atoms with van der Waals surface area (Å²) in [5.74, 6) is 0.234. The van der Waals surface area contributed by atoms with E-state index in [0.29, 0.717) is 11.4 Å². The van der Waals surface area contributed by atoms with Crippen molar-refractivity contribution in [3.63, 3.8) is 0 Å². The van der Waals surface area contributed by atoms with E-state index in [2.05, 4.69) is 13.8 Å². The Bertz CT molecular complexity index is 621. The predicted molar refractivity (Wildman–Crippen MR) is 96.5 cm³/mol. The molecule has 1 heterocycles. The first kappa shape index (κ1) is 19.0. The summed E-state index contributed by atoms with van der Waals surface area (Å²) in [5.41, 5.74) is 0. The Hall–Kier alpha value is -1.36. The van der Waals surface area contributed by atoms with Gasteiger partial charge in [-0.1, -0.05) is 44.9 Å². The lowest BCUT2D eigenvalue weighted by atomic mass is 9.96. The Kier molecular flexibility index (Phi) is 6.84. The number of nitrogens with zero attached hydrogens (tertiary/aromatic N) is 1. The van der Waals surface area contributed by atoms with Crippen LogP contribution in [0.2, 0.25) is 0 Å². The van der Waals surface area contributed by atoms with E-state index in [9.17, 15) is 13.2 Å². The molecule has 2 rings (SSSR count). The summed E-state index contributed by atoms with van der Waals surface area (Å²) in [6, 6.07) is 8.37. The van der Waals surface area contributed by atoms with E-state index in [1.807, 2.05) is 11.0 Å². The number of sulfone groups is 1. The zero-order chi connectivity index (χ0) is 17.6. The molecule has 5 heteroatoms. The van der Waals surface area contributed by atoms with Crippen LogP contribution < -0.4 is 0 Å². The summed E-state index contributed by atoms with van der Waals surface area (Å²) in [4.78, 5) is 15.1. The van der Waals surface area contributed by atoms with Crippen molar-refractivity contribution in [2.24, 2.45) is 5.92 Å². The van der Waals surface area contributed by atoms with Gasteiger partial charge in [0.05, 0.1) is 10.6 Å². The molecule has 1 aliphatic rings. The van der Waals surface area contributed by atoms with Gasteiger partial charge in [0.15, 0.2) is 9.84 Å². The average Bonchev–Trinajstić information content (AvgIpc) is 3.02. The van der Waals surface area contributed by atoms with Gasteiger partial charge < -0.3 is 4.90 Å². The largest absolute Gasteiger partial charge is 0.338 e. The van der Waals surface area contributed by atoms with Crippen molar-refractivity contribution in [3.8, 4) is 0 Å². The van der Waals surface area contributed by atoms with Gasteiger partial charge in [-0.05, 0) is 37.8 Å². The molecule has 24 heavy (non-hydrogen) atoms. The van der Waals surface area contributed by atoms with Crippen LogP contribution in [0.1, 0.15) is 52.4 Å². The van der Waals surface area contributed by atoms with Gasteiger partial charge in [0.2, 0.25) is 5.91 Å². The fraction of sp³-hybridized carbons (Fsp3) is 0.632. The molecule has 0 aliphatic carbocycles. The molecule has 1 fully saturated rings. The number of hydrogen-bond acceptors (Lipinski definition) is 3. The molecule has 1 atom stereocenters. The minimum absolute atomic E-state index is 0.0354. The Labute approximate surface area is 146 Å². The molecule has 1 aromatic carbocycles. The minimum atomic E-state index is -3.35. The SMILES string of the molecule is CCCC(CCC)C(=O)N1CCCC1CS(=O)(=O)c1ccccc1. The summed E-state index contributed by atoms with van der Waals surface area (Å²) in [7, 11) is -3.35. The molecule has 0 bridgehead atoms. The molecule has 0 radical (unpaired) electrons. The van der Waals surface area contributed by atoms with Crippen molar-refractivity contribution in [1.29, 1.82) is 0 Å².